The van der Waals surface area contributed by atoms with Gasteiger partial charge >= 0.3 is 0 Å². The van der Waals surface area contributed by atoms with E-state index in [4.69, 9.17) is 4.74 Å². The van der Waals surface area contributed by atoms with Gasteiger partial charge in [0.25, 0.3) is 0 Å². The molecule has 0 bridgehead atoms. The summed E-state index contributed by atoms with van der Waals surface area (Å²) in [7, 11) is 3.94. The van der Waals surface area contributed by atoms with Gasteiger partial charge in [0.05, 0.1) is 13.2 Å². The predicted molar refractivity (Wildman–Crippen MR) is 73.0 cm³/mol. The number of rotatable bonds is 5. The quantitative estimate of drug-likeness (QED) is 0.804. The summed E-state index contributed by atoms with van der Waals surface area (Å²) >= 11 is 0. The van der Waals surface area contributed by atoms with E-state index in [-0.39, 0.29) is 0 Å². The molecule has 0 atom stereocenters. The van der Waals surface area contributed by atoms with Crippen molar-refractivity contribution in [3.05, 3.63) is 23.9 Å². The summed E-state index contributed by atoms with van der Waals surface area (Å²) in [5.74, 6) is 1.60. The van der Waals surface area contributed by atoms with E-state index in [0.29, 0.717) is 5.95 Å². The Balaban J connectivity index is 1.82. The zero-order valence-corrected chi connectivity index (χ0v) is 11.0. The van der Waals surface area contributed by atoms with Crippen LogP contribution >= 0.6 is 0 Å². The molecule has 0 saturated heterocycles. The number of ether oxygens (including phenoxy) is 1. The van der Waals surface area contributed by atoms with Crippen LogP contribution in [0.15, 0.2) is 23.9 Å². The second-order valence-electron chi connectivity index (χ2n) is 4.50. The average Bonchev–Trinajstić information content (AvgIpc) is 2.40. The van der Waals surface area contributed by atoms with Crippen LogP contribution in [0, 0.1) is 0 Å². The lowest BCUT2D eigenvalue weighted by atomic mass is 10.1. The van der Waals surface area contributed by atoms with Gasteiger partial charge in [-0.15, -0.1) is 0 Å². The van der Waals surface area contributed by atoms with E-state index in [1.54, 1.807) is 6.20 Å². The lowest BCUT2D eigenvalue weighted by molar-refractivity contribution is 0.153. The first kappa shape index (κ1) is 12.8. The molecule has 1 N–H and O–H groups in total. The molecule has 0 fully saturated rings. The maximum absolute atomic E-state index is 5.28. The molecule has 0 amide bonds. The molecule has 0 radical (unpaired) electrons. The number of nitrogens with zero attached hydrogens (tertiary/aromatic N) is 3. The van der Waals surface area contributed by atoms with Gasteiger partial charge in [-0.2, -0.15) is 4.98 Å². The number of aromatic nitrogens is 2. The molecule has 98 valence electrons. The van der Waals surface area contributed by atoms with Crippen molar-refractivity contribution in [2.75, 3.05) is 44.1 Å². The second kappa shape index (κ2) is 6.35. The molecule has 18 heavy (non-hydrogen) atoms. The van der Waals surface area contributed by atoms with Crippen LogP contribution in [0.1, 0.15) is 12.8 Å². The van der Waals surface area contributed by atoms with Crippen LogP contribution in [0.25, 0.3) is 0 Å². The molecule has 1 aliphatic rings. The van der Waals surface area contributed by atoms with Gasteiger partial charge in [-0.05, 0) is 18.9 Å². The third-order valence-electron chi connectivity index (χ3n) is 2.89. The summed E-state index contributed by atoms with van der Waals surface area (Å²) in [5, 5.41) is 3.26. The van der Waals surface area contributed by atoms with Crippen LogP contribution in [0.3, 0.4) is 0 Å². The van der Waals surface area contributed by atoms with Gasteiger partial charge in [0.2, 0.25) is 5.95 Å². The van der Waals surface area contributed by atoms with Crippen LogP contribution in [-0.2, 0) is 4.74 Å². The third-order valence-corrected chi connectivity index (χ3v) is 2.89. The minimum Gasteiger partial charge on any atom is -0.377 e. The fourth-order valence-corrected chi connectivity index (χ4v) is 1.81. The Bertz CT molecular complexity index is 417. The van der Waals surface area contributed by atoms with E-state index in [0.717, 1.165) is 38.4 Å². The first-order valence-electron chi connectivity index (χ1n) is 6.25. The highest BCUT2D eigenvalue weighted by molar-refractivity contribution is 5.40. The van der Waals surface area contributed by atoms with Gasteiger partial charge in [-0.3, -0.25) is 0 Å². The highest BCUT2D eigenvalue weighted by Crippen LogP contribution is 2.12. The van der Waals surface area contributed by atoms with Gasteiger partial charge in [-0.1, -0.05) is 11.6 Å². The SMILES string of the molecule is CN(C)c1ccnc(NCCC2=CCOCC2)n1. The molecule has 5 nitrogen and oxygen atoms in total. The molecule has 2 heterocycles. The van der Waals surface area contributed by atoms with E-state index < -0.39 is 0 Å². The van der Waals surface area contributed by atoms with Crippen molar-refractivity contribution in [1.82, 2.24) is 9.97 Å². The van der Waals surface area contributed by atoms with Crippen molar-refractivity contribution in [2.45, 2.75) is 12.8 Å². The fourth-order valence-electron chi connectivity index (χ4n) is 1.81. The van der Waals surface area contributed by atoms with Gasteiger partial charge in [-0.25, -0.2) is 4.98 Å². The van der Waals surface area contributed by atoms with Crippen LogP contribution in [0.4, 0.5) is 11.8 Å². The summed E-state index contributed by atoms with van der Waals surface area (Å²) in [4.78, 5) is 10.6. The lowest BCUT2D eigenvalue weighted by Crippen LogP contribution is -2.14. The van der Waals surface area contributed by atoms with E-state index in [9.17, 15) is 0 Å². The molecule has 0 aliphatic carbocycles. The molecule has 2 rings (SSSR count). The monoisotopic (exact) mass is 248 g/mol. The minimum atomic E-state index is 0.689. The number of hydrogen-bond acceptors (Lipinski definition) is 5. The van der Waals surface area contributed by atoms with Crippen molar-refractivity contribution in [1.29, 1.82) is 0 Å². The first-order valence-corrected chi connectivity index (χ1v) is 6.25. The van der Waals surface area contributed by atoms with Gasteiger partial charge in [0.15, 0.2) is 0 Å². The normalized spacial score (nSPS) is 15.1. The molecule has 0 aromatic carbocycles. The van der Waals surface area contributed by atoms with Crippen LogP contribution < -0.4 is 10.2 Å². The minimum absolute atomic E-state index is 0.689. The molecule has 1 aromatic heterocycles. The molecule has 1 aromatic rings. The topological polar surface area (TPSA) is 50.3 Å². The molecule has 0 saturated carbocycles. The molecule has 5 heteroatoms. The Labute approximate surface area is 108 Å². The summed E-state index contributed by atoms with van der Waals surface area (Å²) in [6, 6.07) is 1.90. The highest BCUT2D eigenvalue weighted by Gasteiger charge is 2.04. The summed E-state index contributed by atoms with van der Waals surface area (Å²) < 4.78 is 5.28. The molecule has 0 unspecified atom stereocenters. The van der Waals surface area contributed by atoms with Crippen LogP contribution in [-0.4, -0.2) is 43.8 Å². The Morgan fingerprint density at radius 3 is 3.06 bits per heavy atom. The smallest absolute Gasteiger partial charge is 0.224 e. The second-order valence-corrected chi connectivity index (χ2v) is 4.50. The Kier molecular flexibility index (Phi) is 4.52. The van der Waals surface area contributed by atoms with Crippen LogP contribution in [0.2, 0.25) is 0 Å². The van der Waals surface area contributed by atoms with Crippen molar-refractivity contribution >= 4 is 11.8 Å². The van der Waals surface area contributed by atoms with Crippen molar-refractivity contribution in [2.24, 2.45) is 0 Å². The molecule has 1 aliphatic heterocycles. The van der Waals surface area contributed by atoms with E-state index in [1.165, 1.54) is 5.57 Å². The van der Waals surface area contributed by atoms with Crippen LogP contribution in [0.5, 0.6) is 0 Å². The van der Waals surface area contributed by atoms with Gasteiger partial charge in [0.1, 0.15) is 5.82 Å². The average molecular weight is 248 g/mol. The zero-order chi connectivity index (χ0) is 12.8. The molecule has 0 spiro atoms. The Morgan fingerprint density at radius 1 is 1.44 bits per heavy atom. The van der Waals surface area contributed by atoms with E-state index in [2.05, 4.69) is 21.4 Å². The maximum Gasteiger partial charge on any atom is 0.224 e. The maximum atomic E-state index is 5.28. The summed E-state index contributed by atoms with van der Waals surface area (Å²) in [6.07, 6.45) is 6.01. The third kappa shape index (κ3) is 3.70. The Hall–Kier alpha value is -1.62. The molecular formula is C13H20N4O. The lowest BCUT2D eigenvalue weighted by Gasteiger charge is -2.14. The zero-order valence-electron chi connectivity index (χ0n) is 11.0. The van der Waals surface area contributed by atoms with E-state index in [1.807, 2.05) is 25.1 Å². The largest absolute Gasteiger partial charge is 0.377 e. The fraction of sp³-hybridized carbons (Fsp3) is 0.538. The van der Waals surface area contributed by atoms with Gasteiger partial charge < -0.3 is 15.0 Å². The molecular weight excluding hydrogens is 228 g/mol. The Morgan fingerprint density at radius 2 is 2.33 bits per heavy atom. The predicted octanol–water partition coefficient (Wildman–Crippen LogP) is 1.69. The van der Waals surface area contributed by atoms with Crippen molar-refractivity contribution in [3.8, 4) is 0 Å². The number of nitrogens with one attached hydrogen (secondary N) is 1. The summed E-state index contributed by atoms with van der Waals surface area (Å²) in [6.45, 7) is 2.46. The first-order chi connectivity index (χ1) is 8.75. The van der Waals surface area contributed by atoms with Crippen molar-refractivity contribution < 1.29 is 4.74 Å². The van der Waals surface area contributed by atoms with Crippen molar-refractivity contribution in [3.63, 3.8) is 0 Å². The summed E-state index contributed by atoms with van der Waals surface area (Å²) in [5.41, 5.74) is 1.46. The van der Waals surface area contributed by atoms with Gasteiger partial charge in [0, 0.05) is 26.8 Å². The highest BCUT2D eigenvalue weighted by atomic mass is 16.5. The van der Waals surface area contributed by atoms with E-state index >= 15 is 0 Å². The number of anilines is 2. The standard InChI is InChI=1S/C13H20N4O/c1-17(2)12-4-8-15-13(16-12)14-7-3-11-5-9-18-10-6-11/h4-5,8H,3,6-7,9-10H2,1-2H3,(H,14,15,16). The number of hydrogen-bond donors (Lipinski definition) is 1.